The van der Waals surface area contributed by atoms with Crippen molar-refractivity contribution in [1.82, 2.24) is 0 Å². The van der Waals surface area contributed by atoms with Crippen LogP contribution >= 0.6 is 22.9 Å². The van der Waals surface area contributed by atoms with Gasteiger partial charge in [-0.25, -0.2) is 0 Å². The van der Waals surface area contributed by atoms with E-state index >= 15 is 0 Å². The number of benzene rings is 1. The molecule has 0 spiro atoms. The third-order valence-corrected chi connectivity index (χ3v) is 5.31. The number of thiophene rings is 1. The van der Waals surface area contributed by atoms with Crippen molar-refractivity contribution in [2.75, 3.05) is 7.11 Å². The van der Waals surface area contributed by atoms with Crippen LogP contribution in [0.4, 0.5) is 0 Å². The van der Waals surface area contributed by atoms with Gasteiger partial charge in [0.15, 0.2) is 0 Å². The number of hydrogen-bond acceptors (Lipinski definition) is 2. The molecule has 0 aliphatic heterocycles. The summed E-state index contributed by atoms with van der Waals surface area (Å²) in [7, 11) is 1.69. The predicted octanol–water partition coefficient (Wildman–Crippen LogP) is 5.32. The van der Waals surface area contributed by atoms with Crippen LogP contribution < -0.4 is 4.74 Å². The molecule has 19 heavy (non-hydrogen) atoms. The quantitative estimate of drug-likeness (QED) is 0.696. The number of rotatable bonds is 3. The Hall–Kier alpha value is -0.990. The third kappa shape index (κ3) is 2.52. The van der Waals surface area contributed by atoms with Crippen molar-refractivity contribution in [2.24, 2.45) is 0 Å². The molecule has 2 aromatic rings. The standard InChI is InChI=1S/C16H19ClOS/c1-9-8-10(2)12(4)14(11(9)3)15(17)16-13(18-5)6-7-19-16/h6-8,15H,1-5H3. The minimum atomic E-state index is -0.145. The van der Waals surface area contributed by atoms with E-state index in [4.69, 9.17) is 16.3 Å². The first-order chi connectivity index (χ1) is 8.97. The van der Waals surface area contributed by atoms with Crippen molar-refractivity contribution in [1.29, 1.82) is 0 Å². The molecule has 1 aromatic heterocycles. The number of halogens is 1. The summed E-state index contributed by atoms with van der Waals surface area (Å²) in [6.45, 7) is 8.57. The molecule has 0 bridgehead atoms. The van der Waals surface area contributed by atoms with Gasteiger partial charge < -0.3 is 4.74 Å². The molecule has 0 aliphatic rings. The average molecular weight is 295 g/mol. The van der Waals surface area contributed by atoms with Gasteiger partial charge in [-0.3, -0.25) is 0 Å². The van der Waals surface area contributed by atoms with Crippen LogP contribution in [0.1, 0.15) is 38.1 Å². The Bertz CT molecular complexity index is 575. The van der Waals surface area contributed by atoms with Crippen LogP contribution in [-0.2, 0) is 0 Å². The van der Waals surface area contributed by atoms with E-state index in [0.29, 0.717) is 0 Å². The molecule has 1 nitrogen and oxygen atoms in total. The van der Waals surface area contributed by atoms with Gasteiger partial charge in [0.25, 0.3) is 0 Å². The molecule has 102 valence electrons. The molecule has 0 saturated carbocycles. The Morgan fingerprint density at radius 3 is 2.21 bits per heavy atom. The number of hydrogen-bond donors (Lipinski definition) is 0. The average Bonchev–Trinajstić information content (AvgIpc) is 2.84. The van der Waals surface area contributed by atoms with Crippen molar-refractivity contribution in [3.05, 3.63) is 50.2 Å². The second-order valence-electron chi connectivity index (χ2n) is 4.89. The lowest BCUT2D eigenvalue weighted by molar-refractivity contribution is 0.412. The first-order valence-corrected chi connectivity index (χ1v) is 7.61. The van der Waals surface area contributed by atoms with Gasteiger partial charge in [0, 0.05) is 0 Å². The van der Waals surface area contributed by atoms with E-state index in [9.17, 15) is 0 Å². The zero-order chi connectivity index (χ0) is 14.2. The van der Waals surface area contributed by atoms with Gasteiger partial charge in [0.2, 0.25) is 0 Å². The molecule has 1 atom stereocenters. The van der Waals surface area contributed by atoms with Crippen LogP contribution in [0.25, 0.3) is 0 Å². The minimum absolute atomic E-state index is 0.145. The maximum Gasteiger partial charge on any atom is 0.134 e. The first kappa shape index (κ1) is 14.4. The molecular formula is C16H19ClOS. The Labute approximate surface area is 124 Å². The fraction of sp³-hybridized carbons (Fsp3) is 0.375. The highest BCUT2D eigenvalue weighted by Gasteiger charge is 2.22. The molecule has 0 aliphatic carbocycles. The third-order valence-electron chi connectivity index (χ3n) is 3.78. The molecule has 0 saturated heterocycles. The Morgan fingerprint density at radius 2 is 1.68 bits per heavy atom. The summed E-state index contributed by atoms with van der Waals surface area (Å²) < 4.78 is 5.39. The second kappa shape index (κ2) is 5.56. The van der Waals surface area contributed by atoms with E-state index < -0.39 is 0 Å². The molecule has 3 heteroatoms. The van der Waals surface area contributed by atoms with E-state index in [0.717, 1.165) is 10.6 Å². The topological polar surface area (TPSA) is 9.23 Å². The van der Waals surface area contributed by atoms with E-state index in [1.807, 2.05) is 11.4 Å². The molecule has 1 unspecified atom stereocenters. The minimum Gasteiger partial charge on any atom is -0.496 e. The van der Waals surface area contributed by atoms with Crippen LogP contribution in [0.2, 0.25) is 0 Å². The lowest BCUT2D eigenvalue weighted by Gasteiger charge is -2.19. The van der Waals surface area contributed by atoms with Crippen LogP contribution in [0.15, 0.2) is 17.5 Å². The normalized spacial score (nSPS) is 12.5. The van der Waals surface area contributed by atoms with E-state index in [2.05, 4.69) is 33.8 Å². The number of alkyl halides is 1. The molecule has 1 aromatic carbocycles. The second-order valence-corrected chi connectivity index (χ2v) is 6.27. The highest BCUT2D eigenvalue weighted by Crippen LogP contribution is 2.42. The number of aryl methyl sites for hydroxylation is 2. The van der Waals surface area contributed by atoms with Crippen LogP contribution in [0.3, 0.4) is 0 Å². The lowest BCUT2D eigenvalue weighted by Crippen LogP contribution is -2.03. The summed E-state index contributed by atoms with van der Waals surface area (Å²) in [4.78, 5) is 1.08. The molecule has 0 amide bonds. The fourth-order valence-corrected chi connectivity index (χ4v) is 3.85. The number of methoxy groups -OCH3 is 1. The lowest BCUT2D eigenvalue weighted by atomic mass is 9.91. The Kier molecular flexibility index (Phi) is 4.22. The predicted molar refractivity (Wildman–Crippen MR) is 84.0 cm³/mol. The maximum atomic E-state index is 6.74. The highest BCUT2D eigenvalue weighted by atomic mass is 35.5. The van der Waals surface area contributed by atoms with Gasteiger partial charge in [-0.2, -0.15) is 0 Å². The van der Waals surface area contributed by atoms with Gasteiger partial charge >= 0.3 is 0 Å². The fourth-order valence-electron chi connectivity index (χ4n) is 2.42. The zero-order valence-electron chi connectivity index (χ0n) is 12.0. The van der Waals surface area contributed by atoms with Gasteiger partial charge in [0.1, 0.15) is 5.75 Å². The van der Waals surface area contributed by atoms with E-state index in [1.54, 1.807) is 18.4 Å². The molecule has 1 heterocycles. The summed E-state index contributed by atoms with van der Waals surface area (Å²) in [6.07, 6.45) is 0. The van der Waals surface area contributed by atoms with Crippen molar-refractivity contribution < 1.29 is 4.74 Å². The Balaban J connectivity index is 2.59. The van der Waals surface area contributed by atoms with Crippen LogP contribution in [0, 0.1) is 27.7 Å². The van der Waals surface area contributed by atoms with Crippen molar-refractivity contribution >= 4 is 22.9 Å². The molecule has 2 rings (SSSR count). The SMILES string of the molecule is COc1ccsc1C(Cl)c1c(C)c(C)cc(C)c1C. The first-order valence-electron chi connectivity index (χ1n) is 6.30. The highest BCUT2D eigenvalue weighted by molar-refractivity contribution is 7.10. The smallest absolute Gasteiger partial charge is 0.134 e. The summed E-state index contributed by atoms with van der Waals surface area (Å²) in [5.41, 5.74) is 6.36. The molecule has 0 radical (unpaired) electrons. The number of ether oxygens (including phenoxy) is 1. The van der Waals surface area contributed by atoms with Gasteiger partial charge in [-0.15, -0.1) is 22.9 Å². The van der Waals surface area contributed by atoms with Gasteiger partial charge in [-0.1, -0.05) is 6.07 Å². The summed E-state index contributed by atoms with van der Waals surface area (Å²) >= 11 is 8.39. The van der Waals surface area contributed by atoms with Gasteiger partial charge in [-0.05, 0) is 67.0 Å². The summed E-state index contributed by atoms with van der Waals surface area (Å²) in [5, 5.41) is 1.88. The zero-order valence-corrected chi connectivity index (χ0v) is 13.6. The van der Waals surface area contributed by atoms with Crippen molar-refractivity contribution in [2.45, 2.75) is 33.1 Å². The van der Waals surface area contributed by atoms with E-state index in [1.165, 1.54) is 27.8 Å². The van der Waals surface area contributed by atoms with Crippen molar-refractivity contribution in [3.8, 4) is 5.75 Å². The largest absolute Gasteiger partial charge is 0.496 e. The molecular weight excluding hydrogens is 276 g/mol. The summed E-state index contributed by atoms with van der Waals surface area (Å²) in [5.74, 6) is 0.878. The van der Waals surface area contributed by atoms with Crippen molar-refractivity contribution in [3.63, 3.8) is 0 Å². The van der Waals surface area contributed by atoms with Crippen LogP contribution in [0.5, 0.6) is 5.75 Å². The van der Waals surface area contributed by atoms with E-state index in [-0.39, 0.29) is 5.38 Å². The molecule has 0 fully saturated rings. The monoisotopic (exact) mass is 294 g/mol. The molecule has 0 N–H and O–H groups in total. The van der Waals surface area contributed by atoms with Crippen LogP contribution in [-0.4, -0.2) is 7.11 Å². The van der Waals surface area contributed by atoms with Gasteiger partial charge in [0.05, 0.1) is 17.4 Å². The summed E-state index contributed by atoms with van der Waals surface area (Å²) in [6, 6.07) is 4.20. The maximum absolute atomic E-state index is 6.74. The Morgan fingerprint density at radius 1 is 1.11 bits per heavy atom.